The molecule has 2 aromatic carbocycles. The quantitative estimate of drug-likeness (QED) is 0.508. The molecule has 2 aliphatic rings. The van der Waals surface area contributed by atoms with Gasteiger partial charge >= 0.3 is 6.09 Å². The number of imidazole rings is 1. The first-order valence-corrected chi connectivity index (χ1v) is 12.6. The number of aromatic amines is 1. The number of hydrogen-bond donors (Lipinski definition) is 2. The lowest BCUT2D eigenvalue weighted by molar-refractivity contribution is 0.0275. The maximum atomic E-state index is 13.6. The second-order valence-electron chi connectivity index (χ2n) is 10.6. The number of likely N-dealkylation sites (tertiary alicyclic amines) is 1. The fourth-order valence-electron chi connectivity index (χ4n) is 4.80. The van der Waals surface area contributed by atoms with Crippen molar-refractivity contribution in [2.24, 2.45) is 0 Å². The number of carbonyl (C=O) groups is 1. The van der Waals surface area contributed by atoms with E-state index in [-0.39, 0.29) is 24.1 Å². The number of carbonyl (C=O) groups excluding carboxylic acids is 1. The van der Waals surface area contributed by atoms with Gasteiger partial charge in [0.05, 0.1) is 23.6 Å². The Hall–Kier alpha value is -3.49. The Kier molecular flexibility index (Phi) is 6.64. The Labute approximate surface area is 210 Å². The number of rotatable bonds is 5. The summed E-state index contributed by atoms with van der Waals surface area (Å²) in [6, 6.07) is 12.3. The third-order valence-electron chi connectivity index (χ3n) is 6.53. The molecule has 0 spiro atoms. The van der Waals surface area contributed by atoms with Crippen molar-refractivity contribution in [1.82, 2.24) is 14.9 Å². The van der Waals surface area contributed by atoms with Gasteiger partial charge in [-0.3, -0.25) is 0 Å². The summed E-state index contributed by atoms with van der Waals surface area (Å²) in [4.78, 5) is 24.5. The van der Waals surface area contributed by atoms with Crippen LogP contribution in [0.3, 0.4) is 0 Å². The largest absolute Gasteiger partial charge is 0.486 e. The molecule has 0 aliphatic carbocycles. The average molecular weight is 496 g/mol. The van der Waals surface area contributed by atoms with Crippen molar-refractivity contribution < 1.29 is 18.7 Å². The number of nitrogens with zero attached hydrogens (tertiary/aromatic N) is 3. The number of H-pyrrole nitrogens is 1. The zero-order valence-corrected chi connectivity index (χ0v) is 21.1. The number of benzene rings is 2. The number of halogens is 1. The van der Waals surface area contributed by atoms with E-state index in [1.807, 2.05) is 32.9 Å². The van der Waals surface area contributed by atoms with E-state index in [1.54, 1.807) is 11.0 Å². The zero-order chi connectivity index (χ0) is 25.3. The number of hydrogen-bond acceptors (Lipinski definition) is 6. The number of anilines is 2. The molecule has 2 N–H and O–H groups in total. The van der Waals surface area contributed by atoms with E-state index in [4.69, 9.17) is 9.47 Å². The molecular formula is C27H34FN5O3. The van der Waals surface area contributed by atoms with Crippen LogP contribution >= 0.6 is 0 Å². The molecule has 2 fully saturated rings. The minimum absolute atomic E-state index is 0.246. The van der Waals surface area contributed by atoms with Gasteiger partial charge in [-0.15, -0.1) is 0 Å². The molecule has 9 heteroatoms. The van der Waals surface area contributed by atoms with Gasteiger partial charge in [-0.2, -0.15) is 0 Å². The van der Waals surface area contributed by atoms with Crippen LogP contribution in [-0.4, -0.2) is 64.9 Å². The van der Waals surface area contributed by atoms with E-state index in [0.29, 0.717) is 30.1 Å². The van der Waals surface area contributed by atoms with Crippen molar-refractivity contribution in [3.63, 3.8) is 0 Å². The van der Waals surface area contributed by atoms with Crippen LogP contribution < -0.4 is 15.0 Å². The highest BCUT2D eigenvalue weighted by Crippen LogP contribution is 2.27. The summed E-state index contributed by atoms with van der Waals surface area (Å²) in [5.74, 6) is 0.912. The molecule has 0 unspecified atom stereocenters. The topological polar surface area (TPSA) is 82.7 Å². The first-order chi connectivity index (χ1) is 17.2. The smallest absolute Gasteiger partial charge is 0.410 e. The van der Waals surface area contributed by atoms with Gasteiger partial charge in [0, 0.05) is 25.3 Å². The van der Waals surface area contributed by atoms with E-state index < -0.39 is 5.60 Å². The molecule has 3 heterocycles. The van der Waals surface area contributed by atoms with E-state index >= 15 is 0 Å². The molecule has 192 valence electrons. The Morgan fingerprint density at radius 3 is 2.56 bits per heavy atom. The van der Waals surface area contributed by atoms with Crippen LogP contribution in [0.2, 0.25) is 0 Å². The molecular weight excluding hydrogens is 461 g/mol. The van der Waals surface area contributed by atoms with Gasteiger partial charge in [-0.05, 0) is 82.5 Å². The molecule has 1 aromatic heterocycles. The predicted molar refractivity (Wildman–Crippen MR) is 138 cm³/mol. The molecule has 2 aliphatic heterocycles. The van der Waals surface area contributed by atoms with Crippen molar-refractivity contribution in [3.8, 4) is 5.75 Å². The molecule has 2 atom stereocenters. The van der Waals surface area contributed by atoms with E-state index in [2.05, 4.69) is 32.3 Å². The normalized spacial score (nSPS) is 20.6. The molecule has 1 amide bonds. The summed E-state index contributed by atoms with van der Waals surface area (Å²) in [7, 11) is 0. The highest BCUT2D eigenvalue weighted by molar-refractivity contribution is 5.77. The summed E-state index contributed by atoms with van der Waals surface area (Å²) in [6.07, 6.45) is 3.03. The zero-order valence-electron chi connectivity index (χ0n) is 21.1. The van der Waals surface area contributed by atoms with Gasteiger partial charge in [0.25, 0.3) is 0 Å². The molecule has 2 saturated heterocycles. The fourth-order valence-corrected chi connectivity index (χ4v) is 4.80. The fraction of sp³-hybridized carbons (Fsp3) is 0.481. The Morgan fingerprint density at radius 1 is 1.08 bits per heavy atom. The van der Waals surface area contributed by atoms with Crippen LogP contribution in [0.1, 0.15) is 40.0 Å². The van der Waals surface area contributed by atoms with Crippen LogP contribution in [0.15, 0.2) is 42.5 Å². The highest BCUT2D eigenvalue weighted by Gasteiger charge is 2.39. The van der Waals surface area contributed by atoms with Crippen LogP contribution in [0.4, 0.5) is 20.8 Å². The first-order valence-electron chi connectivity index (χ1n) is 12.6. The Balaban J connectivity index is 1.32. The molecule has 8 nitrogen and oxygen atoms in total. The molecule has 0 bridgehead atoms. The van der Waals surface area contributed by atoms with Crippen molar-refractivity contribution in [3.05, 3.63) is 48.3 Å². The van der Waals surface area contributed by atoms with Crippen LogP contribution in [0.25, 0.3) is 11.0 Å². The third kappa shape index (κ3) is 5.66. The van der Waals surface area contributed by atoms with Crippen molar-refractivity contribution >= 4 is 28.8 Å². The summed E-state index contributed by atoms with van der Waals surface area (Å²) < 4.78 is 25.6. The minimum Gasteiger partial charge on any atom is -0.486 e. The van der Waals surface area contributed by atoms with Gasteiger partial charge in [-0.25, -0.2) is 14.2 Å². The molecule has 36 heavy (non-hydrogen) atoms. The average Bonchev–Trinajstić information content (AvgIpc) is 3.42. The second kappa shape index (κ2) is 9.87. The van der Waals surface area contributed by atoms with E-state index in [9.17, 15) is 9.18 Å². The molecule has 5 rings (SSSR count). The van der Waals surface area contributed by atoms with Crippen LogP contribution in [0, 0.1) is 5.82 Å². The van der Waals surface area contributed by atoms with Crippen LogP contribution in [0.5, 0.6) is 5.75 Å². The highest BCUT2D eigenvalue weighted by atomic mass is 19.1. The standard InChI is InChI=1S/C27H34FN5O3/c1-27(2,3)36-26(34)33-16-23(31-25-29-21-12-7-18(28)15-22(21)30-25)24(17-33)35-20-10-8-19(9-11-20)32-13-5-4-6-14-32/h7-12,15,23-24H,4-6,13-14,16-17H2,1-3H3,(H2,29,30,31)/t23-,24-/m0/s1. The molecule has 0 saturated carbocycles. The summed E-state index contributed by atoms with van der Waals surface area (Å²) in [6.45, 7) is 8.47. The first kappa shape index (κ1) is 24.2. The lowest BCUT2D eigenvalue weighted by Gasteiger charge is -2.29. The maximum absolute atomic E-state index is 13.6. The Morgan fingerprint density at radius 2 is 1.83 bits per heavy atom. The number of aromatic nitrogens is 2. The van der Waals surface area contributed by atoms with Crippen molar-refractivity contribution in [2.45, 2.75) is 57.8 Å². The van der Waals surface area contributed by atoms with Crippen LogP contribution in [-0.2, 0) is 4.74 Å². The lowest BCUT2D eigenvalue weighted by Crippen LogP contribution is -2.37. The van der Waals surface area contributed by atoms with Gasteiger partial charge < -0.3 is 29.6 Å². The van der Waals surface area contributed by atoms with Gasteiger partial charge in [0.1, 0.15) is 23.3 Å². The van der Waals surface area contributed by atoms with Gasteiger partial charge in [-0.1, -0.05) is 0 Å². The number of ether oxygens (including phenoxy) is 2. The molecule has 0 radical (unpaired) electrons. The van der Waals surface area contributed by atoms with E-state index in [1.165, 1.54) is 37.1 Å². The Bertz CT molecular complexity index is 1200. The van der Waals surface area contributed by atoms with Crippen molar-refractivity contribution in [2.75, 3.05) is 36.4 Å². The maximum Gasteiger partial charge on any atom is 0.410 e. The summed E-state index contributed by atoms with van der Waals surface area (Å²) in [5, 5.41) is 3.36. The minimum atomic E-state index is -0.591. The number of nitrogens with one attached hydrogen (secondary N) is 2. The lowest BCUT2D eigenvalue weighted by atomic mass is 10.1. The summed E-state index contributed by atoms with van der Waals surface area (Å²) >= 11 is 0. The third-order valence-corrected chi connectivity index (χ3v) is 6.53. The second-order valence-corrected chi connectivity index (χ2v) is 10.6. The van der Waals surface area contributed by atoms with Crippen molar-refractivity contribution in [1.29, 1.82) is 0 Å². The summed E-state index contributed by atoms with van der Waals surface area (Å²) in [5.41, 5.74) is 1.87. The van der Waals surface area contributed by atoms with Gasteiger partial charge in [0.2, 0.25) is 5.95 Å². The monoisotopic (exact) mass is 495 g/mol. The number of fused-ring (bicyclic) bond motifs is 1. The molecule has 3 aromatic rings. The SMILES string of the molecule is CC(C)(C)OC(=O)N1C[C@H](Nc2nc3ccc(F)cc3[nH]2)[C@@H](Oc2ccc(N3CCCCC3)cc2)C1. The van der Waals surface area contributed by atoms with Gasteiger partial charge in [0.15, 0.2) is 0 Å². The predicted octanol–water partition coefficient (Wildman–Crippen LogP) is 5.17. The van der Waals surface area contributed by atoms with E-state index in [0.717, 1.165) is 18.8 Å². The number of amides is 1. The number of piperidine rings is 1.